The van der Waals surface area contributed by atoms with Crippen LogP contribution in [0.5, 0.6) is 0 Å². The lowest BCUT2D eigenvalue weighted by Crippen LogP contribution is -2.26. The second-order valence-electron chi connectivity index (χ2n) is 5.04. The molecule has 2 rings (SSSR count). The van der Waals surface area contributed by atoms with Crippen molar-refractivity contribution in [2.45, 2.75) is 24.7 Å². The molecule has 1 aromatic rings. The van der Waals surface area contributed by atoms with Crippen LogP contribution in [0.15, 0.2) is 52.9 Å². The van der Waals surface area contributed by atoms with Gasteiger partial charge in [0.2, 0.25) is 10.0 Å². The first kappa shape index (κ1) is 18.2. The number of hydrogen-bond acceptors (Lipinski definition) is 6. The third-order valence-electron chi connectivity index (χ3n) is 3.24. The molecule has 0 fully saturated rings. The van der Waals surface area contributed by atoms with Gasteiger partial charge in [-0.15, -0.1) is 0 Å². The van der Waals surface area contributed by atoms with Crippen molar-refractivity contribution >= 4 is 16.0 Å². The Labute approximate surface area is 141 Å². The first-order valence-electron chi connectivity index (χ1n) is 7.59. The number of sulfonamides is 1. The Balaban J connectivity index is 1.91. The maximum atomic E-state index is 12.2. The maximum Gasteiger partial charge on any atom is 0.344 e. The number of aromatic nitrogens is 1. The number of hydrogen-bond donors (Lipinski definition) is 1. The van der Waals surface area contributed by atoms with Crippen LogP contribution in [0.25, 0.3) is 0 Å². The van der Waals surface area contributed by atoms with Crippen molar-refractivity contribution < 1.29 is 22.7 Å². The standard InChI is InChI=1S/C16H20N2O5S/c1-2-22-16(19)12-23-14-6-3-5-13(9-14)10-18-24(20,21)15-7-4-8-17-11-15/h4-5,7-9,11,18H,2-3,6,10,12H2,1H3. The quantitative estimate of drug-likeness (QED) is 0.713. The minimum atomic E-state index is -3.61. The molecule has 0 aromatic carbocycles. The molecule has 0 radical (unpaired) electrons. The molecule has 0 saturated carbocycles. The second kappa shape index (κ2) is 8.60. The fourth-order valence-electron chi connectivity index (χ4n) is 2.10. The van der Waals surface area contributed by atoms with Gasteiger partial charge in [-0.1, -0.05) is 6.08 Å². The summed E-state index contributed by atoms with van der Waals surface area (Å²) in [5, 5.41) is 0. The lowest BCUT2D eigenvalue weighted by molar-refractivity contribution is -0.147. The molecule has 24 heavy (non-hydrogen) atoms. The summed E-state index contributed by atoms with van der Waals surface area (Å²) in [6.07, 6.45) is 7.87. The molecule has 1 aliphatic rings. The average Bonchev–Trinajstić information content (AvgIpc) is 2.60. The van der Waals surface area contributed by atoms with E-state index in [0.717, 1.165) is 12.0 Å². The van der Waals surface area contributed by atoms with Gasteiger partial charge in [0.25, 0.3) is 0 Å². The Hall–Kier alpha value is -2.19. The Kier molecular flexibility index (Phi) is 6.51. The van der Waals surface area contributed by atoms with Crippen molar-refractivity contribution in [3.63, 3.8) is 0 Å². The van der Waals surface area contributed by atoms with Gasteiger partial charge in [-0.3, -0.25) is 4.98 Å². The molecule has 1 aliphatic carbocycles. The summed E-state index contributed by atoms with van der Waals surface area (Å²) in [5.41, 5.74) is 0.785. The van der Waals surface area contributed by atoms with E-state index in [0.29, 0.717) is 18.8 Å². The van der Waals surface area contributed by atoms with Gasteiger partial charge in [-0.2, -0.15) is 0 Å². The van der Waals surface area contributed by atoms with Crippen LogP contribution in [0.3, 0.4) is 0 Å². The molecular formula is C16H20N2O5S. The van der Waals surface area contributed by atoms with Crippen molar-refractivity contribution in [3.8, 4) is 0 Å². The van der Waals surface area contributed by atoms with Crippen LogP contribution < -0.4 is 4.72 Å². The van der Waals surface area contributed by atoms with E-state index in [1.54, 1.807) is 19.1 Å². The van der Waals surface area contributed by atoms with Gasteiger partial charge in [0.1, 0.15) is 4.90 Å². The lowest BCUT2D eigenvalue weighted by Gasteiger charge is -2.15. The van der Waals surface area contributed by atoms with E-state index in [1.165, 1.54) is 18.5 Å². The zero-order valence-corrected chi connectivity index (χ0v) is 14.2. The van der Waals surface area contributed by atoms with Gasteiger partial charge < -0.3 is 9.47 Å². The van der Waals surface area contributed by atoms with Gasteiger partial charge >= 0.3 is 5.97 Å². The van der Waals surface area contributed by atoms with E-state index in [-0.39, 0.29) is 18.0 Å². The number of rotatable bonds is 8. The predicted molar refractivity (Wildman–Crippen MR) is 87.4 cm³/mol. The number of esters is 1. The summed E-state index contributed by atoms with van der Waals surface area (Å²) < 4.78 is 37.0. The number of carbonyl (C=O) groups is 1. The highest BCUT2D eigenvalue weighted by atomic mass is 32.2. The van der Waals surface area contributed by atoms with Gasteiger partial charge in [-0.25, -0.2) is 17.9 Å². The van der Waals surface area contributed by atoms with Crippen molar-refractivity contribution in [1.29, 1.82) is 0 Å². The summed E-state index contributed by atoms with van der Waals surface area (Å²) in [7, 11) is -3.61. The Morgan fingerprint density at radius 1 is 1.42 bits per heavy atom. The Morgan fingerprint density at radius 2 is 2.25 bits per heavy atom. The van der Waals surface area contributed by atoms with E-state index in [1.807, 2.05) is 6.08 Å². The summed E-state index contributed by atoms with van der Waals surface area (Å²) >= 11 is 0. The summed E-state index contributed by atoms with van der Waals surface area (Å²) in [5.74, 6) is 0.216. The fourth-order valence-corrected chi connectivity index (χ4v) is 3.08. The highest BCUT2D eigenvalue weighted by Crippen LogP contribution is 2.18. The summed E-state index contributed by atoms with van der Waals surface area (Å²) in [4.78, 5) is 15.2. The molecule has 0 aliphatic heterocycles. The highest BCUT2D eigenvalue weighted by molar-refractivity contribution is 7.89. The molecule has 0 amide bonds. The molecule has 0 bridgehead atoms. The number of allylic oxidation sites excluding steroid dienone is 2. The molecule has 1 heterocycles. The highest BCUT2D eigenvalue weighted by Gasteiger charge is 2.15. The smallest absolute Gasteiger partial charge is 0.344 e. The number of nitrogens with zero attached hydrogens (tertiary/aromatic N) is 1. The van der Waals surface area contributed by atoms with Crippen molar-refractivity contribution in [3.05, 3.63) is 48.0 Å². The predicted octanol–water partition coefficient (Wildman–Crippen LogP) is 1.54. The van der Waals surface area contributed by atoms with Crippen molar-refractivity contribution in [2.24, 2.45) is 0 Å². The molecule has 8 heteroatoms. The van der Waals surface area contributed by atoms with E-state index in [4.69, 9.17) is 9.47 Å². The largest absolute Gasteiger partial charge is 0.486 e. The zero-order chi connectivity index (χ0) is 17.4. The third kappa shape index (κ3) is 5.47. The number of carbonyl (C=O) groups excluding carboxylic acids is 1. The van der Waals surface area contributed by atoms with Crippen LogP contribution in [0.1, 0.15) is 19.8 Å². The zero-order valence-electron chi connectivity index (χ0n) is 13.4. The van der Waals surface area contributed by atoms with Crippen LogP contribution >= 0.6 is 0 Å². The van der Waals surface area contributed by atoms with Gasteiger partial charge in [0, 0.05) is 25.4 Å². The fraction of sp³-hybridized carbons (Fsp3) is 0.375. The molecule has 0 atom stereocenters. The first-order valence-corrected chi connectivity index (χ1v) is 9.07. The maximum absolute atomic E-state index is 12.2. The van der Waals surface area contributed by atoms with Crippen LogP contribution in [-0.4, -0.2) is 39.1 Å². The van der Waals surface area contributed by atoms with Crippen LogP contribution in [-0.2, 0) is 24.3 Å². The van der Waals surface area contributed by atoms with Crippen LogP contribution in [0.2, 0.25) is 0 Å². The Morgan fingerprint density at radius 3 is 2.96 bits per heavy atom. The number of pyridine rings is 1. The van der Waals surface area contributed by atoms with Crippen molar-refractivity contribution in [2.75, 3.05) is 19.8 Å². The Bertz CT molecular complexity index is 726. The molecule has 130 valence electrons. The molecule has 0 unspecified atom stereocenters. The second-order valence-corrected chi connectivity index (χ2v) is 6.80. The normalized spacial score (nSPS) is 14.5. The van der Waals surface area contributed by atoms with E-state index in [9.17, 15) is 13.2 Å². The van der Waals surface area contributed by atoms with Gasteiger partial charge in [0.05, 0.1) is 12.4 Å². The van der Waals surface area contributed by atoms with Gasteiger partial charge in [0.15, 0.2) is 6.61 Å². The van der Waals surface area contributed by atoms with Crippen LogP contribution in [0, 0.1) is 0 Å². The average molecular weight is 352 g/mol. The first-order chi connectivity index (χ1) is 11.5. The summed E-state index contributed by atoms with van der Waals surface area (Å²) in [6.45, 7) is 2.04. The molecule has 1 aromatic heterocycles. The van der Waals surface area contributed by atoms with Crippen LogP contribution in [0.4, 0.5) is 0 Å². The minimum Gasteiger partial charge on any atom is -0.486 e. The van der Waals surface area contributed by atoms with E-state index < -0.39 is 16.0 Å². The summed E-state index contributed by atoms with van der Waals surface area (Å²) in [6, 6.07) is 3.05. The lowest BCUT2D eigenvalue weighted by atomic mass is 10.1. The monoisotopic (exact) mass is 352 g/mol. The number of nitrogens with one attached hydrogen (secondary N) is 1. The molecule has 1 N–H and O–H groups in total. The molecular weight excluding hydrogens is 332 g/mol. The topological polar surface area (TPSA) is 94.6 Å². The third-order valence-corrected chi connectivity index (χ3v) is 4.62. The minimum absolute atomic E-state index is 0.115. The van der Waals surface area contributed by atoms with Crippen molar-refractivity contribution in [1.82, 2.24) is 9.71 Å². The van der Waals surface area contributed by atoms with Gasteiger partial charge in [-0.05, 0) is 37.1 Å². The van der Waals surface area contributed by atoms with E-state index >= 15 is 0 Å². The molecule has 0 spiro atoms. The molecule has 0 saturated heterocycles. The SMILES string of the molecule is CCOC(=O)COC1=CC(CNS(=O)(=O)c2cccnc2)=CCC1. The molecule has 7 nitrogen and oxygen atoms in total. The number of ether oxygens (including phenoxy) is 2. The van der Waals surface area contributed by atoms with E-state index in [2.05, 4.69) is 9.71 Å².